The number of benzene rings is 1. The molecule has 27 heavy (non-hydrogen) atoms. The van der Waals surface area contributed by atoms with Crippen LogP contribution in [0.25, 0.3) is 0 Å². The van der Waals surface area contributed by atoms with E-state index >= 15 is 0 Å². The normalized spacial score (nSPS) is 16.3. The molecule has 0 spiro atoms. The molecule has 0 aliphatic carbocycles. The summed E-state index contributed by atoms with van der Waals surface area (Å²) in [5.41, 5.74) is 7.11. The SMILES string of the molecule is C=C(C)C(=O)OCCOC(=O)C1=C(C)OC(N)=C(C#N)C1c1ccccc1. The Bertz CT molecular complexity index is 862. The number of hydrogen-bond donors (Lipinski definition) is 1. The average Bonchev–Trinajstić information content (AvgIpc) is 2.64. The summed E-state index contributed by atoms with van der Waals surface area (Å²) in [6.45, 7) is 6.32. The Morgan fingerprint density at radius 3 is 2.48 bits per heavy atom. The van der Waals surface area contributed by atoms with Crippen molar-refractivity contribution in [3.63, 3.8) is 0 Å². The van der Waals surface area contributed by atoms with Crippen molar-refractivity contribution >= 4 is 11.9 Å². The van der Waals surface area contributed by atoms with E-state index in [1.807, 2.05) is 12.1 Å². The predicted molar refractivity (Wildman–Crippen MR) is 96.5 cm³/mol. The Hall–Kier alpha value is -3.53. The number of carbonyl (C=O) groups is 2. The quantitative estimate of drug-likeness (QED) is 0.466. The van der Waals surface area contributed by atoms with E-state index in [4.69, 9.17) is 19.9 Å². The third kappa shape index (κ3) is 4.55. The van der Waals surface area contributed by atoms with Crippen LogP contribution in [0, 0.1) is 11.3 Å². The first-order chi connectivity index (χ1) is 12.9. The Balaban J connectivity index is 2.20. The van der Waals surface area contributed by atoms with Crippen LogP contribution in [0.5, 0.6) is 0 Å². The number of rotatable bonds is 6. The zero-order valence-electron chi connectivity index (χ0n) is 15.2. The van der Waals surface area contributed by atoms with E-state index in [9.17, 15) is 14.9 Å². The molecule has 0 bridgehead atoms. The number of esters is 2. The second-order valence-electron chi connectivity index (χ2n) is 5.86. The predicted octanol–water partition coefficient (Wildman–Crippen LogP) is 2.43. The lowest BCUT2D eigenvalue weighted by Gasteiger charge is -2.26. The van der Waals surface area contributed by atoms with Crippen LogP contribution >= 0.6 is 0 Å². The van der Waals surface area contributed by atoms with E-state index in [0.717, 1.165) is 0 Å². The first kappa shape index (κ1) is 19.8. The topological polar surface area (TPSA) is 112 Å². The Labute approximate surface area is 157 Å². The molecule has 1 aromatic rings. The number of ether oxygens (including phenoxy) is 3. The molecule has 0 fully saturated rings. The van der Waals surface area contributed by atoms with Crippen molar-refractivity contribution < 1.29 is 23.8 Å². The van der Waals surface area contributed by atoms with E-state index in [0.29, 0.717) is 5.56 Å². The highest BCUT2D eigenvalue weighted by Gasteiger charge is 2.36. The molecule has 1 heterocycles. The smallest absolute Gasteiger partial charge is 0.338 e. The highest BCUT2D eigenvalue weighted by Crippen LogP contribution is 2.39. The molecule has 1 aliphatic heterocycles. The van der Waals surface area contributed by atoms with E-state index < -0.39 is 17.9 Å². The van der Waals surface area contributed by atoms with Gasteiger partial charge in [0.1, 0.15) is 30.6 Å². The third-order valence-corrected chi connectivity index (χ3v) is 3.86. The van der Waals surface area contributed by atoms with Gasteiger partial charge < -0.3 is 19.9 Å². The summed E-state index contributed by atoms with van der Waals surface area (Å²) in [4.78, 5) is 24.0. The summed E-state index contributed by atoms with van der Waals surface area (Å²) < 4.78 is 15.5. The maximum Gasteiger partial charge on any atom is 0.338 e. The van der Waals surface area contributed by atoms with E-state index in [-0.39, 0.29) is 41.6 Å². The van der Waals surface area contributed by atoms with Crippen LogP contribution in [-0.4, -0.2) is 25.2 Å². The monoisotopic (exact) mass is 368 g/mol. The summed E-state index contributed by atoms with van der Waals surface area (Å²) in [5, 5.41) is 9.50. The van der Waals surface area contributed by atoms with Gasteiger partial charge in [-0.1, -0.05) is 36.9 Å². The molecule has 0 radical (unpaired) electrons. The standard InChI is InChI=1S/C20H20N2O5/c1-12(2)19(23)25-9-10-26-20(24)16-13(3)27-18(22)15(11-21)17(16)14-7-5-4-6-8-14/h4-8,17H,1,9-10,22H2,2-3H3. The van der Waals surface area contributed by atoms with Gasteiger partial charge in [0.2, 0.25) is 5.88 Å². The summed E-state index contributed by atoms with van der Waals surface area (Å²) in [6, 6.07) is 11.0. The van der Waals surface area contributed by atoms with Crippen LogP contribution in [0.15, 0.2) is 65.3 Å². The molecular weight excluding hydrogens is 348 g/mol. The molecule has 7 nitrogen and oxygen atoms in total. The van der Waals surface area contributed by atoms with Crippen molar-refractivity contribution in [2.24, 2.45) is 5.73 Å². The van der Waals surface area contributed by atoms with Crippen molar-refractivity contribution in [1.29, 1.82) is 5.26 Å². The zero-order valence-corrected chi connectivity index (χ0v) is 15.2. The molecule has 2 N–H and O–H groups in total. The van der Waals surface area contributed by atoms with Crippen LogP contribution in [-0.2, 0) is 23.8 Å². The lowest BCUT2D eigenvalue weighted by atomic mass is 9.83. The first-order valence-corrected chi connectivity index (χ1v) is 8.19. The van der Waals surface area contributed by atoms with Gasteiger partial charge >= 0.3 is 11.9 Å². The molecule has 2 rings (SSSR count). The minimum Gasteiger partial charge on any atom is -0.459 e. The number of carbonyl (C=O) groups excluding carboxylic acids is 2. The van der Waals surface area contributed by atoms with E-state index in [1.54, 1.807) is 31.2 Å². The Kier molecular flexibility index (Phi) is 6.39. The Morgan fingerprint density at radius 2 is 1.89 bits per heavy atom. The molecule has 1 aromatic carbocycles. The van der Waals surface area contributed by atoms with Gasteiger partial charge in [-0.25, -0.2) is 9.59 Å². The van der Waals surface area contributed by atoms with Crippen LogP contribution in [0.2, 0.25) is 0 Å². The molecule has 7 heteroatoms. The molecule has 1 unspecified atom stereocenters. The van der Waals surface area contributed by atoms with Gasteiger partial charge in [0.25, 0.3) is 0 Å². The van der Waals surface area contributed by atoms with Gasteiger partial charge in [0.05, 0.1) is 11.5 Å². The van der Waals surface area contributed by atoms with Crippen LogP contribution in [0.1, 0.15) is 25.3 Å². The molecule has 0 amide bonds. The molecule has 0 saturated heterocycles. The summed E-state index contributed by atoms with van der Waals surface area (Å²) in [6.07, 6.45) is 0. The average molecular weight is 368 g/mol. The number of hydrogen-bond acceptors (Lipinski definition) is 7. The van der Waals surface area contributed by atoms with E-state index in [1.165, 1.54) is 6.92 Å². The van der Waals surface area contributed by atoms with Crippen molar-refractivity contribution in [2.45, 2.75) is 19.8 Å². The fourth-order valence-electron chi connectivity index (χ4n) is 2.59. The van der Waals surface area contributed by atoms with Crippen molar-refractivity contribution in [2.75, 3.05) is 13.2 Å². The molecule has 1 aliphatic rings. The molecule has 1 atom stereocenters. The Morgan fingerprint density at radius 1 is 1.26 bits per heavy atom. The zero-order chi connectivity index (χ0) is 20.0. The van der Waals surface area contributed by atoms with Gasteiger partial charge in [0, 0.05) is 5.57 Å². The van der Waals surface area contributed by atoms with E-state index in [2.05, 4.69) is 6.58 Å². The maximum absolute atomic E-state index is 12.6. The second-order valence-corrected chi connectivity index (χ2v) is 5.86. The van der Waals surface area contributed by atoms with Crippen molar-refractivity contribution in [3.05, 3.63) is 70.8 Å². The van der Waals surface area contributed by atoms with Gasteiger partial charge in [0.15, 0.2) is 0 Å². The van der Waals surface area contributed by atoms with Crippen LogP contribution in [0.4, 0.5) is 0 Å². The molecule has 140 valence electrons. The number of nitriles is 1. The van der Waals surface area contributed by atoms with Gasteiger partial charge in [-0.2, -0.15) is 5.26 Å². The second kappa shape index (κ2) is 8.72. The maximum atomic E-state index is 12.6. The van der Waals surface area contributed by atoms with Gasteiger partial charge in [-0.05, 0) is 19.4 Å². The fraction of sp³-hybridized carbons (Fsp3) is 0.250. The molecule has 0 saturated carbocycles. The minimum atomic E-state index is -0.699. The fourth-order valence-corrected chi connectivity index (χ4v) is 2.59. The number of nitrogens with two attached hydrogens (primary N) is 1. The third-order valence-electron chi connectivity index (χ3n) is 3.86. The summed E-state index contributed by atoms with van der Waals surface area (Å²) in [7, 11) is 0. The lowest BCUT2D eigenvalue weighted by molar-refractivity contribution is -0.147. The molecular formula is C20H20N2O5. The van der Waals surface area contributed by atoms with Crippen molar-refractivity contribution in [3.8, 4) is 6.07 Å². The van der Waals surface area contributed by atoms with Crippen molar-refractivity contribution in [1.82, 2.24) is 0 Å². The lowest BCUT2D eigenvalue weighted by Crippen LogP contribution is -2.26. The van der Waals surface area contributed by atoms with Crippen LogP contribution < -0.4 is 5.73 Å². The van der Waals surface area contributed by atoms with Gasteiger partial charge in [-0.15, -0.1) is 0 Å². The summed E-state index contributed by atoms with van der Waals surface area (Å²) >= 11 is 0. The highest BCUT2D eigenvalue weighted by atomic mass is 16.6. The minimum absolute atomic E-state index is 0.0456. The first-order valence-electron chi connectivity index (χ1n) is 8.19. The highest BCUT2D eigenvalue weighted by molar-refractivity contribution is 5.92. The number of allylic oxidation sites excluding steroid dienone is 2. The van der Waals surface area contributed by atoms with Crippen LogP contribution in [0.3, 0.4) is 0 Å². The number of nitrogens with zero attached hydrogens (tertiary/aromatic N) is 1. The largest absolute Gasteiger partial charge is 0.459 e. The van der Waals surface area contributed by atoms with Gasteiger partial charge in [-0.3, -0.25) is 0 Å². The molecule has 0 aromatic heterocycles. The summed E-state index contributed by atoms with van der Waals surface area (Å²) in [5.74, 6) is -1.73.